The van der Waals surface area contributed by atoms with Gasteiger partial charge in [-0.25, -0.2) is 9.97 Å². The molecule has 0 N–H and O–H groups in total. The molecule has 9 nitrogen and oxygen atoms in total. The molecule has 0 radical (unpaired) electrons. The van der Waals surface area contributed by atoms with E-state index in [-0.39, 0.29) is 11.6 Å². The van der Waals surface area contributed by atoms with Gasteiger partial charge in [0, 0.05) is 58.1 Å². The average molecular weight is 1040 g/mol. The van der Waals surface area contributed by atoms with Crippen molar-refractivity contribution in [3.63, 3.8) is 0 Å². The second kappa shape index (κ2) is 24.3. The first-order valence-corrected chi connectivity index (χ1v) is 27.5. The van der Waals surface area contributed by atoms with Gasteiger partial charge < -0.3 is 9.80 Å². The highest BCUT2D eigenvalue weighted by atomic mass is 16.2. The summed E-state index contributed by atoms with van der Waals surface area (Å²) in [6.07, 6.45) is 2.24. The van der Waals surface area contributed by atoms with E-state index < -0.39 is 0 Å². The Kier molecular flexibility index (Phi) is 16.3. The van der Waals surface area contributed by atoms with E-state index in [2.05, 4.69) is 256 Å². The van der Waals surface area contributed by atoms with E-state index in [0.29, 0.717) is 25.3 Å². The summed E-state index contributed by atoms with van der Waals surface area (Å²) in [5, 5.41) is 10.6. The van der Waals surface area contributed by atoms with Crippen LogP contribution in [0.3, 0.4) is 0 Å². The summed E-state index contributed by atoms with van der Waals surface area (Å²) in [5.41, 5.74) is 20.5. The minimum absolute atomic E-state index is 0.257. The van der Waals surface area contributed by atoms with Crippen molar-refractivity contribution < 1.29 is 9.59 Å². The molecule has 392 valence electrons. The third-order valence-corrected chi connectivity index (χ3v) is 14.1. The van der Waals surface area contributed by atoms with Gasteiger partial charge in [0.15, 0.2) is 11.6 Å². The largest absolute Gasteiger partial charge is 0.311 e. The third-order valence-electron chi connectivity index (χ3n) is 14.1. The number of benzene rings is 9. The van der Waals surface area contributed by atoms with Crippen LogP contribution in [0.5, 0.6) is 0 Å². The van der Waals surface area contributed by atoms with Crippen LogP contribution in [0.2, 0.25) is 0 Å². The van der Waals surface area contributed by atoms with Gasteiger partial charge >= 0.3 is 0 Å². The van der Waals surface area contributed by atoms with Crippen molar-refractivity contribution in [1.82, 2.24) is 25.0 Å². The Morgan fingerprint density at radius 2 is 0.633 bits per heavy atom. The summed E-state index contributed by atoms with van der Waals surface area (Å²) in [6, 6.07) is 77.4. The topological polar surface area (TPSA) is 97.1 Å². The quantitative estimate of drug-likeness (QED) is 0.0832. The minimum atomic E-state index is -0.257. The zero-order valence-corrected chi connectivity index (χ0v) is 45.8. The van der Waals surface area contributed by atoms with Crippen molar-refractivity contribution in [2.75, 3.05) is 9.80 Å². The first-order chi connectivity index (χ1) is 38.7. The molecule has 0 spiro atoms. The highest BCUT2D eigenvalue weighted by Crippen LogP contribution is 2.43. The summed E-state index contributed by atoms with van der Waals surface area (Å²) >= 11 is 0. The molecule has 9 heteroatoms. The Balaban J connectivity index is 0.000000818. The predicted octanol–water partition coefficient (Wildman–Crippen LogP) is 17.7. The molecule has 0 saturated heterocycles. The van der Waals surface area contributed by atoms with Gasteiger partial charge in [0.05, 0.1) is 29.0 Å². The summed E-state index contributed by atoms with van der Waals surface area (Å²) in [6.45, 7) is 12.8. The summed E-state index contributed by atoms with van der Waals surface area (Å²) in [4.78, 5) is 38.2. The molecule has 0 aliphatic carbocycles. The number of para-hydroxylation sites is 4. The number of nitrogens with zero attached hydrogens (tertiary/aromatic N) is 7. The number of Topliss-reactive ketones (excluding diaryl/α,β-unsaturated/α-hetero) is 2. The maximum atomic E-state index is 10.4. The molecular formula is C70H65N7O2. The summed E-state index contributed by atoms with van der Waals surface area (Å²) in [7, 11) is 0. The van der Waals surface area contributed by atoms with Crippen molar-refractivity contribution in [2.24, 2.45) is 5.92 Å². The molecule has 0 aliphatic heterocycles. The van der Waals surface area contributed by atoms with Crippen LogP contribution >= 0.6 is 0 Å². The first-order valence-electron chi connectivity index (χ1n) is 27.5. The molecule has 0 unspecified atom stereocenters. The van der Waals surface area contributed by atoms with Crippen LogP contribution in [0, 0.1) is 5.92 Å². The van der Waals surface area contributed by atoms with E-state index in [0.717, 1.165) is 125 Å². The molecule has 0 saturated carbocycles. The summed E-state index contributed by atoms with van der Waals surface area (Å²) in [5.74, 6) is -0.163. The smallest absolute Gasteiger partial charge is 0.198 e. The number of fused-ring (bicyclic) bond motifs is 2. The van der Waals surface area contributed by atoms with Gasteiger partial charge in [-0.1, -0.05) is 187 Å². The lowest BCUT2D eigenvalue weighted by atomic mass is 9.92. The Morgan fingerprint density at radius 1 is 0.367 bits per heavy atom. The van der Waals surface area contributed by atoms with Crippen molar-refractivity contribution >= 4 is 67.8 Å². The van der Waals surface area contributed by atoms with E-state index in [9.17, 15) is 9.59 Å². The standard InChI is InChI=1S/C64H55N7.C6H10O2/c1-5-57-58(6-2)66-62-60(50-33-29-46(30-34-50)48-37-41-56(42-38-48)71(53-23-15-9-16-24-53)54-25-17-10-18-26-54)64-63(67-69(68-64)43-44(3)4)59(61(62)65-57)49-31-27-45(28-32-49)47-35-39-55(40-36-47)70(51-19-11-7-12-20-51)52-21-13-8-14-22-52;1-3-5(7)6(8)4-2/h7-42,44H,5-6,43H2,1-4H3;3-4H2,1-2H3. The molecule has 2 heterocycles. The Hall–Kier alpha value is -9.34. The maximum Gasteiger partial charge on any atom is 0.198 e. The molecule has 9 aromatic carbocycles. The number of aryl methyl sites for hydroxylation is 2. The predicted molar refractivity (Wildman–Crippen MR) is 326 cm³/mol. The lowest BCUT2D eigenvalue weighted by Gasteiger charge is -2.25. The Bertz CT molecular complexity index is 3500. The fraction of sp³-hybridized carbons (Fsp3) is 0.171. The monoisotopic (exact) mass is 1040 g/mol. The summed E-state index contributed by atoms with van der Waals surface area (Å²) < 4.78 is 0. The molecule has 11 rings (SSSR count). The van der Waals surface area contributed by atoms with Crippen LogP contribution in [0.25, 0.3) is 66.6 Å². The first kappa shape index (κ1) is 53.1. The van der Waals surface area contributed by atoms with Crippen LogP contribution < -0.4 is 9.80 Å². The van der Waals surface area contributed by atoms with Crippen LogP contribution in [0.1, 0.15) is 65.8 Å². The number of anilines is 6. The third kappa shape index (κ3) is 11.5. The fourth-order valence-corrected chi connectivity index (χ4v) is 10.1. The van der Waals surface area contributed by atoms with Gasteiger partial charge in [0.2, 0.25) is 0 Å². The maximum absolute atomic E-state index is 10.4. The van der Waals surface area contributed by atoms with Gasteiger partial charge in [-0.15, -0.1) is 0 Å². The SMILES string of the molecule is CCC(=O)C(=O)CC.CCc1nc2c(-c3ccc(-c4ccc(N(c5ccccc5)c5ccccc5)cc4)cc3)c3nn(CC(C)C)nc3c(-c3ccc(-c4ccc(N(c5ccccc5)c5ccccc5)cc4)cc3)c2nc1CC. The molecule has 0 fully saturated rings. The van der Waals surface area contributed by atoms with Crippen LogP contribution in [-0.2, 0) is 29.0 Å². The van der Waals surface area contributed by atoms with E-state index in [4.69, 9.17) is 20.2 Å². The highest BCUT2D eigenvalue weighted by molar-refractivity contribution is 6.37. The van der Waals surface area contributed by atoms with Crippen LogP contribution in [-0.4, -0.2) is 36.5 Å². The number of hydrogen-bond acceptors (Lipinski definition) is 8. The van der Waals surface area contributed by atoms with Gasteiger partial charge in [-0.2, -0.15) is 15.0 Å². The Labute approximate surface area is 463 Å². The lowest BCUT2D eigenvalue weighted by Crippen LogP contribution is -2.09. The number of rotatable bonds is 17. The van der Waals surface area contributed by atoms with Gasteiger partial charge in [-0.3, -0.25) is 9.59 Å². The van der Waals surface area contributed by atoms with Crippen molar-refractivity contribution in [3.8, 4) is 44.5 Å². The minimum Gasteiger partial charge on any atom is -0.311 e. The molecule has 11 aromatic rings. The Morgan fingerprint density at radius 3 is 0.899 bits per heavy atom. The molecule has 79 heavy (non-hydrogen) atoms. The highest BCUT2D eigenvalue weighted by Gasteiger charge is 2.25. The molecule has 0 atom stereocenters. The molecular weight excluding hydrogens is 971 g/mol. The van der Waals surface area contributed by atoms with Crippen molar-refractivity contribution in [3.05, 3.63) is 230 Å². The second-order valence-electron chi connectivity index (χ2n) is 19.9. The number of carbonyl (C=O) groups is 2. The number of aromatic nitrogens is 5. The van der Waals surface area contributed by atoms with Crippen molar-refractivity contribution in [1.29, 1.82) is 0 Å². The van der Waals surface area contributed by atoms with Crippen LogP contribution in [0.15, 0.2) is 218 Å². The van der Waals surface area contributed by atoms with Gasteiger partial charge in [0.1, 0.15) is 11.0 Å². The fourth-order valence-electron chi connectivity index (χ4n) is 10.1. The molecule has 0 aliphatic rings. The molecule has 2 aromatic heterocycles. The number of ketones is 2. The van der Waals surface area contributed by atoms with E-state index in [1.807, 2.05) is 4.80 Å². The van der Waals surface area contributed by atoms with Gasteiger partial charge in [0.25, 0.3) is 0 Å². The normalized spacial score (nSPS) is 11.1. The zero-order chi connectivity index (χ0) is 54.8. The molecule has 0 bridgehead atoms. The molecule has 0 amide bonds. The van der Waals surface area contributed by atoms with Crippen LogP contribution in [0.4, 0.5) is 34.1 Å². The second-order valence-corrected chi connectivity index (χ2v) is 19.9. The lowest BCUT2D eigenvalue weighted by molar-refractivity contribution is -0.136. The van der Waals surface area contributed by atoms with E-state index in [1.165, 1.54) is 0 Å². The number of hydrogen-bond donors (Lipinski definition) is 0. The van der Waals surface area contributed by atoms with Gasteiger partial charge in [-0.05, 0) is 125 Å². The number of carbonyl (C=O) groups excluding carboxylic acids is 2. The van der Waals surface area contributed by atoms with Crippen molar-refractivity contribution in [2.45, 2.75) is 73.8 Å². The zero-order valence-electron chi connectivity index (χ0n) is 45.8. The average Bonchev–Trinajstić information content (AvgIpc) is 4.01. The van der Waals surface area contributed by atoms with E-state index in [1.54, 1.807) is 13.8 Å². The van der Waals surface area contributed by atoms with E-state index >= 15 is 0 Å².